The summed E-state index contributed by atoms with van der Waals surface area (Å²) < 4.78 is 21.4. The molecule has 0 fully saturated rings. The highest BCUT2D eigenvalue weighted by molar-refractivity contribution is 5.84. The van der Waals surface area contributed by atoms with Crippen molar-refractivity contribution >= 4 is 29.5 Å². The number of hydrogen-bond donors (Lipinski definition) is 4. The molecule has 0 bridgehead atoms. The van der Waals surface area contributed by atoms with Crippen LogP contribution in [0.25, 0.3) is 0 Å². The molecule has 1 atom stereocenters. The Bertz CT molecular complexity index is 859. The number of aliphatic carboxylic acids is 1. The minimum absolute atomic E-state index is 0.0128. The van der Waals surface area contributed by atoms with E-state index < -0.39 is 12.0 Å². The molecule has 0 spiro atoms. The molecule has 3 amide bonds. The van der Waals surface area contributed by atoms with Crippen LogP contribution in [-0.2, 0) is 42.9 Å². The number of unbranched alkanes of at least 4 members (excludes halogenated alkanes) is 12. The fourth-order valence-corrected chi connectivity index (χ4v) is 4.83. The number of amides is 3. The van der Waals surface area contributed by atoms with Crippen molar-refractivity contribution in [2.75, 3.05) is 65.9 Å². The molecule has 0 aliphatic heterocycles. The van der Waals surface area contributed by atoms with E-state index in [0.29, 0.717) is 59.0 Å². The normalized spacial score (nSPS) is 11.6. The first-order valence-corrected chi connectivity index (χ1v) is 18.6. The van der Waals surface area contributed by atoms with Gasteiger partial charge in [-0.3, -0.25) is 19.2 Å². The Morgan fingerprint density at radius 3 is 1.41 bits per heavy atom. The lowest BCUT2D eigenvalue weighted by atomic mass is 10.0. The molecule has 0 aromatic heterocycles. The third-order valence-corrected chi connectivity index (χ3v) is 7.75. The molecule has 0 heterocycles. The van der Waals surface area contributed by atoms with Gasteiger partial charge < -0.3 is 40.0 Å². The lowest BCUT2D eigenvalue weighted by Gasteiger charge is -2.14. The van der Waals surface area contributed by atoms with Crippen molar-refractivity contribution in [2.45, 2.75) is 135 Å². The Balaban J connectivity index is 3.65. The summed E-state index contributed by atoms with van der Waals surface area (Å²) in [5, 5.41) is 17.4. The van der Waals surface area contributed by atoms with Crippen LogP contribution in [0.4, 0.5) is 0 Å². The van der Waals surface area contributed by atoms with Gasteiger partial charge in [0.1, 0.15) is 11.8 Å². The number of carboxylic acids is 1. The van der Waals surface area contributed by atoms with Crippen LogP contribution >= 0.6 is 0 Å². The van der Waals surface area contributed by atoms with Gasteiger partial charge in [0, 0.05) is 38.8 Å². The predicted octanol–water partition coefficient (Wildman–Crippen LogP) is 4.49. The predicted molar refractivity (Wildman–Crippen MR) is 188 cm³/mol. The molecule has 0 saturated heterocycles. The Morgan fingerprint density at radius 2 is 0.939 bits per heavy atom. The number of ether oxygens (including phenoxy) is 4. The summed E-state index contributed by atoms with van der Waals surface area (Å²) >= 11 is 0. The largest absolute Gasteiger partial charge is 0.480 e. The van der Waals surface area contributed by atoms with Gasteiger partial charge in [-0.25, -0.2) is 4.79 Å². The van der Waals surface area contributed by atoms with E-state index in [-0.39, 0.29) is 62.5 Å². The Labute approximate surface area is 294 Å². The maximum absolute atomic E-state index is 12.3. The van der Waals surface area contributed by atoms with Crippen LogP contribution in [0.5, 0.6) is 0 Å². The zero-order valence-electron chi connectivity index (χ0n) is 30.5. The summed E-state index contributed by atoms with van der Waals surface area (Å²) in [6, 6.07) is -1.10. The number of ketones is 1. The molecule has 1 unspecified atom stereocenters. The molecule has 0 aliphatic carbocycles. The van der Waals surface area contributed by atoms with Crippen molar-refractivity contribution < 1.29 is 48.0 Å². The first kappa shape index (κ1) is 46.4. The van der Waals surface area contributed by atoms with Crippen molar-refractivity contribution in [3.05, 3.63) is 0 Å². The Kier molecular flexibility index (Phi) is 33.3. The van der Waals surface area contributed by atoms with E-state index in [1.807, 2.05) is 0 Å². The summed E-state index contributed by atoms with van der Waals surface area (Å²) in [4.78, 5) is 58.6. The van der Waals surface area contributed by atoms with Crippen molar-refractivity contribution in [1.82, 2.24) is 16.0 Å². The second kappa shape index (κ2) is 35.2. The number of carbonyl (C=O) groups is 5. The van der Waals surface area contributed by atoms with E-state index in [1.54, 1.807) is 0 Å². The van der Waals surface area contributed by atoms with Crippen LogP contribution in [0.2, 0.25) is 0 Å². The molecule has 0 aliphatic rings. The lowest BCUT2D eigenvalue weighted by Crippen LogP contribution is -2.41. The Morgan fingerprint density at radius 1 is 0.510 bits per heavy atom. The number of Topliss-reactive ketones (excluding diaryl/α,β-unsaturated/α-hetero) is 1. The highest BCUT2D eigenvalue weighted by atomic mass is 16.5. The quantitative estimate of drug-likeness (QED) is 0.0675. The number of rotatable bonds is 37. The summed E-state index contributed by atoms with van der Waals surface area (Å²) in [7, 11) is 0. The second-order valence-electron chi connectivity index (χ2n) is 12.3. The molecule has 13 nitrogen and oxygen atoms in total. The molecule has 4 N–H and O–H groups in total. The summed E-state index contributed by atoms with van der Waals surface area (Å²) in [6.45, 7) is 7.04. The molecule has 49 heavy (non-hydrogen) atoms. The minimum atomic E-state index is -1.15. The zero-order valence-corrected chi connectivity index (χ0v) is 30.5. The van der Waals surface area contributed by atoms with Gasteiger partial charge in [-0.2, -0.15) is 0 Å². The molecule has 0 radical (unpaired) electrons. The van der Waals surface area contributed by atoms with Gasteiger partial charge in [-0.05, 0) is 19.8 Å². The maximum Gasteiger partial charge on any atom is 0.326 e. The van der Waals surface area contributed by atoms with E-state index in [1.165, 1.54) is 71.1 Å². The van der Waals surface area contributed by atoms with E-state index >= 15 is 0 Å². The lowest BCUT2D eigenvalue weighted by molar-refractivity contribution is -0.142. The maximum atomic E-state index is 12.3. The Hall–Kier alpha value is -2.61. The van der Waals surface area contributed by atoms with E-state index in [4.69, 9.17) is 18.9 Å². The molecule has 0 saturated carbocycles. The van der Waals surface area contributed by atoms with Crippen LogP contribution in [0, 0.1) is 0 Å². The van der Waals surface area contributed by atoms with Gasteiger partial charge in [0.05, 0.1) is 52.9 Å². The highest BCUT2D eigenvalue weighted by Crippen LogP contribution is 2.13. The van der Waals surface area contributed by atoms with Gasteiger partial charge in [0.15, 0.2) is 0 Å². The van der Waals surface area contributed by atoms with E-state index in [0.717, 1.165) is 19.3 Å². The molecule has 13 heteroatoms. The number of nitrogens with one attached hydrogen (secondary N) is 3. The first-order chi connectivity index (χ1) is 23.8. The topological polar surface area (TPSA) is 179 Å². The zero-order chi connectivity index (χ0) is 36.2. The van der Waals surface area contributed by atoms with Gasteiger partial charge in [-0.1, -0.05) is 84.0 Å². The van der Waals surface area contributed by atoms with E-state index in [9.17, 15) is 29.1 Å². The SMILES string of the molecule is CCCCCCCCCCCCCCCC(=O)NC(CCC(=O)NCCOCCOCCC(=O)NCCOCCOCCC(C)=O)C(=O)O. The van der Waals surface area contributed by atoms with Crippen molar-refractivity contribution in [2.24, 2.45) is 0 Å². The number of carboxylic acid groups (broad SMARTS) is 1. The third-order valence-electron chi connectivity index (χ3n) is 7.75. The van der Waals surface area contributed by atoms with E-state index in [2.05, 4.69) is 22.9 Å². The molecular weight excluding hydrogens is 634 g/mol. The van der Waals surface area contributed by atoms with Crippen LogP contribution in [0.1, 0.15) is 129 Å². The van der Waals surface area contributed by atoms with Gasteiger partial charge in [0.25, 0.3) is 0 Å². The van der Waals surface area contributed by atoms with Gasteiger partial charge in [-0.15, -0.1) is 0 Å². The van der Waals surface area contributed by atoms with Crippen LogP contribution < -0.4 is 16.0 Å². The molecular formula is C36H67N3O10. The third kappa shape index (κ3) is 35.0. The van der Waals surface area contributed by atoms with Gasteiger partial charge >= 0.3 is 5.97 Å². The van der Waals surface area contributed by atoms with Crippen molar-refractivity contribution in [3.8, 4) is 0 Å². The fourth-order valence-electron chi connectivity index (χ4n) is 4.83. The molecule has 286 valence electrons. The molecule has 0 aromatic carbocycles. The average molecular weight is 702 g/mol. The van der Waals surface area contributed by atoms with Crippen molar-refractivity contribution in [3.63, 3.8) is 0 Å². The summed E-state index contributed by atoms with van der Waals surface area (Å²) in [5.74, 6) is -1.82. The fraction of sp³-hybridized carbons (Fsp3) is 0.861. The smallest absolute Gasteiger partial charge is 0.326 e. The molecule has 0 rings (SSSR count). The van der Waals surface area contributed by atoms with Crippen molar-refractivity contribution in [1.29, 1.82) is 0 Å². The van der Waals surface area contributed by atoms with Crippen LogP contribution in [0.3, 0.4) is 0 Å². The summed E-state index contributed by atoms with van der Waals surface area (Å²) in [5.41, 5.74) is 0. The van der Waals surface area contributed by atoms with Crippen LogP contribution in [-0.4, -0.2) is 107 Å². The minimum Gasteiger partial charge on any atom is -0.480 e. The van der Waals surface area contributed by atoms with Gasteiger partial charge in [0.2, 0.25) is 17.7 Å². The standard InChI is InChI=1S/C36H67N3O10/c1-3-4-5-6-7-8-9-10-11-12-13-14-15-16-35(43)39-32(36(44)45)17-18-33(41)37-21-25-48-30-28-47-24-20-34(42)38-22-26-49-29-27-46-23-19-31(2)40/h32H,3-30H2,1-2H3,(H,37,41)(H,38,42)(H,39,43)(H,44,45). The first-order valence-electron chi connectivity index (χ1n) is 18.6. The average Bonchev–Trinajstić information content (AvgIpc) is 3.06. The highest BCUT2D eigenvalue weighted by Gasteiger charge is 2.20. The summed E-state index contributed by atoms with van der Waals surface area (Å²) in [6.07, 6.45) is 16.7. The van der Waals surface area contributed by atoms with Crippen LogP contribution in [0.15, 0.2) is 0 Å². The number of carbonyl (C=O) groups excluding carboxylic acids is 4. The number of hydrogen-bond acceptors (Lipinski definition) is 9. The molecule has 0 aromatic rings. The second-order valence-corrected chi connectivity index (χ2v) is 12.3. The monoisotopic (exact) mass is 701 g/mol.